The van der Waals surface area contributed by atoms with Gasteiger partial charge in [-0.3, -0.25) is 9.59 Å². The van der Waals surface area contributed by atoms with Crippen LogP contribution in [0.3, 0.4) is 0 Å². The number of carbonyl (C=O) groups excluding carboxylic acids is 1. The summed E-state index contributed by atoms with van der Waals surface area (Å²) in [7, 11) is 0. The lowest BCUT2D eigenvalue weighted by Crippen LogP contribution is -2.26. The maximum absolute atomic E-state index is 12.0. The van der Waals surface area contributed by atoms with Crippen molar-refractivity contribution in [2.24, 2.45) is 17.3 Å². The van der Waals surface area contributed by atoms with E-state index in [1.165, 1.54) is 0 Å². The number of aliphatic carboxylic acids is 1. The average molecular weight is 326 g/mol. The zero-order chi connectivity index (χ0) is 14.2. The Morgan fingerprint density at radius 2 is 1.84 bits per heavy atom. The van der Waals surface area contributed by atoms with E-state index in [1.807, 2.05) is 38.1 Å². The van der Waals surface area contributed by atoms with Gasteiger partial charge in [0.05, 0.1) is 11.8 Å². The molecule has 0 aromatic heterocycles. The van der Waals surface area contributed by atoms with Crippen molar-refractivity contribution in [1.82, 2.24) is 5.32 Å². The Balaban J connectivity index is 1.93. The summed E-state index contributed by atoms with van der Waals surface area (Å²) in [6.45, 7) is 4.05. The van der Waals surface area contributed by atoms with Gasteiger partial charge in [0, 0.05) is 11.0 Å². The number of nitrogens with one attached hydrogen (secondary N) is 1. The van der Waals surface area contributed by atoms with Gasteiger partial charge >= 0.3 is 5.97 Å². The second-order valence-corrected chi connectivity index (χ2v) is 6.37. The van der Waals surface area contributed by atoms with Gasteiger partial charge in [-0.2, -0.15) is 0 Å². The first-order valence-electron chi connectivity index (χ1n) is 6.09. The fourth-order valence-corrected chi connectivity index (χ4v) is 2.75. The Morgan fingerprint density at radius 3 is 2.32 bits per heavy atom. The highest BCUT2D eigenvalue weighted by Gasteiger charge is 2.65. The first kappa shape index (κ1) is 14.1. The Kier molecular flexibility index (Phi) is 3.67. The average Bonchev–Trinajstić information content (AvgIpc) is 2.91. The van der Waals surface area contributed by atoms with Gasteiger partial charge in [0.25, 0.3) is 0 Å². The maximum atomic E-state index is 12.0. The standard InChI is InChI=1S/C14H16BrNO3/c1-14(2)10(11(14)13(18)19)12(17)16-7-8-3-5-9(15)6-4-8/h3-6,10-11H,7H2,1-2H3,(H,16,17)(H,18,19). The first-order valence-corrected chi connectivity index (χ1v) is 6.88. The molecule has 2 unspecified atom stereocenters. The molecule has 2 atom stereocenters. The van der Waals surface area contributed by atoms with Crippen LogP contribution in [0.5, 0.6) is 0 Å². The normalized spacial score (nSPS) is 23.7. The quantitative estimate of drug-likeness (QED) is 0.893. The lowest BCUT2D eigenvalue weighted by molar-refractivity contribution is -0.140. The molecule has 102 valence electrons. The topological polar surface area (TPSA) is 66.4 Å². The van der Waals surface area contributed by atoms with E-state index in [0.717, 1.165) is 10.0 Å². The molecule has 2 rings (SSSR count). The van der Waals surface area contributed by atoms with Crippen molar-refractivity contribution in [3.8, 4) is 0 Å². The molecule has 1 aliphatic rings. The van der Waals surface area contributed by atoms with Crippen molar-refractivity contribution < 1.29 is 14.7 Å². The SMILES string of the molecule is CC1(C)C(C(=O)O)C1C(=O)NCc1ccc(Br)cc1. The van der Waals surface area contributed by atoms with Gasteiger partial charge in [-0.1, -0.05) is 41.9 Å². The van der Waals surface area contributed by atoms with Gasteiger partial charge in [0.2, 0.25) is 5.91 Å². The van der Waals surface area contributed by atoms with Crippen molar-refractivity contribution in [1.29, 1.82) is 0 Å². The van der Waals surface area contributed by atoms with Crippen molar-refractivity contribution in [3.05, 3.63) is 34.3 Å². The molecule has 0 saturated heterocycles. The highest BCUT2D eigenvalue weighted by atomic mass is 79.9. The second-order valence-electron chi connectivity index (χ2n) is 5.46. The fraction of sp³-hybridized carbons (Fsp3) is 0.429. The summed E-state index contributed by atoms with van der Waals surface area (Å²) in [6.07, 6.45) is 0. The van der Waals surface area contributed by atoms with Crippen molar-refractivity contribution >= 4 is 27.8 Å². The predicted octanol–water partition coefficient (Wildman–Crippen LogP) is 2.42. The third-order valence-corrected chi connectivity index (χ3v) is 4.28. The number of hydrogen-bond acceptors (Lipinski definition) is 2. The molecule has 0 bridgehead atoms. The van der Waals surface area contributed by atoms with Crippen LogP contribution < -0.4 is 5.32 Å². The number of carbonyl (C=O) groups is 2. The molecule has 0 radical (unpaired) electrons. The smallest absolute Gasteiger partial charge is 0.307 e. The van der Waals surface area contributed by atoms with Gasteiger partial charge in [0.1, 0.15) is 0 Å². The van der Waals surface area contributed by atoms with E-state index in [9.17, 15) is 9.59 Å². The summed E-state index contributed by atoms with van der Waals surface area (Å²) in [5.41, 5.74) is 0.539. The Bertz CT molecular complexity index is 510. The van der Waals surface area contributed by atoms with Crippen molar-refractivity contribution in [2.75, 3.05) is 0 Å². The lowest BCUT2D eigenvalue weighted by atomic mass is 10.1. The molecule has 5 heteroatoms. The summed E-state index contributed by atoms with van der Waals surface area (Å²) in [5, 5.41) is 11.8. The number of benzene rings is 1. The van der Waals surface area contributed by atoms with Crippen LogP contribution in [0.4, 0.5) is 0 Å². The minimum atomic E-state index is -0.895. The van der Waals surface area contributed by atoms with E-state index in [2.05, 4.69) is 21.2 Å². The molecular formula is C14H16BrNO3. The van der Waals surface area contributed by atoms with Crippen LogP contribution in [0, 0.1) is 17.3 Å². The summed E-state index contributed by atoms with van der Waals surface area (Å²) >= 11 is 3.34. The minimum Gasteiger partial charge on any atom is -0.481 e. The molecule has 1 aromatic carbocycles. The molecule has 4 nitrogen and oxygen atoms in total. The highest BCUT2D eigenvalue weighted by Crippen LogP contribution is 2.58. The van der Waals surface area contributed by atoms with E-state index in [0.29, 0.717) is 6.54 Å². The Labute approximate surface area is 120 Å². The summed E-state index contributed by atoms with van der Waals surface area (Å²) in [6, 6.07) is 7.64. The van der Waals surface area contributed by atoms with E-state index < -0.39 is 23.2 Å². The highest BCUT2D eigenvalue weighted by molar-refractivity contribution is 9.10. The molecule has 0 heterocycles. The van der Waals surface area contributed by atoms with Crippen LogP contribution in [-0.4, -0.2) is 17.0 Å². The predicted molar refractivity (Wildman–Crippen MR) is 74.4 cm³/mol. The van der Waals surface area contributed by atoms with Crippen molar-refractivity contribution in [2.45, 2.75) is 20.4 Å². The second kappa shape index (κ2) is 4.96. The number of carboxylic acids is 1. The summed E-state index contributed by atoms with van der Waals surface area (Å²) in [4.78, 5) is 23.0. The molecule has 0 aliphatic heterocycles. The molecule has 1 saturated carbocycles. The lowest BCUT2D eigenvalue weighted by Gasteiger charge is -2.06. The third kappa shape index (κ3) is 2.81. The van der Waals surface area contributed by atoms with Crippen LogP contribution >= 0.6 is 15.9 Å². The van der Waals surface area contributed by atoms with Gasteiger partial charge < -0.3 is 10.4 Å². The number of carboxylic acid groups (broad SMARTS) is 1. The van der Waals surface area contributed by atoms with Crippen LogP contribution in [0.25, 0.3) is 0 Å². The number of hydrogen-bond donors (Lipinski definition) is 2. The maximum Gasteiger partial charge on any atom is 0.307 e. The summed E-state index contributed by atoms with van der Waals surface area (Å²) < 4.78 is 0.983. The summed E-state index contributed by atoms with van der Waals surface area (Å²) in [5.74, 6) is -2.08. The number of amides is 1. The van der Waals surface area contributed by atoms with Crippen LogP contribution in [0.2, 0.25) is 0 Å². The van der Waals surface area contributed by atoms with E-state index in [4.69, 9.17) is 5.11 Å². The monoisotopic (exact) mass is 325 g/mol. The third-order valence-electron chi connectivity index (χ3n) is 3.76. The fourth-order valence-electron chi connectivity index (χ4n) is 2.49. The first-order chi connectivity index (χ1) is 8.84. The van der Waals surface area contributed by atoms with E-state index in [-0.39, 0.29) is 5.91 Å². The molecule has 1 aromatic rings. The molecule has 1 amide bonds. The Hall–Kier alpha value is -1.36. The molecule has 19 heavy (non-hydrogen) atoms. The van der Waals surface area contributed by atoms with Gasteiger partial charge in [0.15, 0.2) is 0 Å². The molecule has 1 fully saturated rings. The zero-order valence-corrected chi connectivity index (χ0v) is 12.4. The zero-order valence-electron chi connectivity index (χ0n) is 10.8. The number of halogens is 1. The molecule has 0 spiro atoms. The van der Waals surface area contributed by atoms with Gasteiger partial charge in [-0.15, -0.1) is 0 Å². The molecule has 1 aliphatic carbocycles. The minimum absolute atomic E-state index is 0.180. The van der Waals surface area contributed by atoms with E-state index in [1.54, 1.807) is 0 Å². The van der Waals surface area contributed by atoms with Crippen LogP contribution in [-0.2, 0) is 16.1 Å². The number of rotatable bonds is 4. The Morgan fingerprint density at radius 1 is 1.26 bits per heavy atom. The van der Waals surface area contributed by atoms with E-state index >= 15 is 0 Å². The van der Waals surface area contributed by atoms with Gasteiger partial charge in [-0.25, -0.2) is 0 Å². The van der Waals surface area contributed by atoms with Crippen LogP contribution in [0.1, 0.15) is 19.4 Å². The van der Waals surface area contributed by atoms with Gasteiger partial charge in [-0.05, 0) is 23.1 Å². The molecular weight excluding hydrogens is 310 g/mol. The van der Waals surface area contributed by atoms with Crippen molar-refractivity contribution in [3.63, 3.8) is 0 Å². The molecule has 2 N–H and O–H groups in total. The van der Waals surface area contributed by atoms with Crippen LogP contribution in [0.15, 0.2) is 28.7 Å². The largest absolute Gasteiger partial charge is 0.481 e.